The zero-order valence-corrected chi connectivity index (χ0v) is 12.6. The van der Waals surface area contributed by atoms with Crippen LogP contribution in [0, 0.1) is 5.92 Å². The summed E-state index contributed by atoms with van der Waals surface area (Å²) in [4.78, 5) is 11.4. The molecule has 1 saturated carbocycles. The van der Waals surface area contributed by atoms with Crippen LogP contribution in [-0.4, -0.2) is 31.3 Å². The van der Waals surface area contributed by atoms with Crippen molar-refractivity contribution in [1.82, 2.24) is 0 Å². The van der Waals surface area contributed by atoms with Crippen LogP contribution < -0.4 is 5.73 Å². The van der Waals surface area contributed by atoms with Crippen molar-refractivity contribution in [3.05, 3.63) is 0 Å². The van der Waals surface area contributed by atoms with Crippen molar-refractivity contribution < 1.29 is 14.3 Å². The van der Waals surface area contributed by atoms with Gasteiger partial charge in [0, 0.05) is 6.61 Å². The number of hydrogen-bond acceptors (Lipinski definition) is 4. The van der Waals surface area contributed by atoms with Gasteiger partial charge in [-0.15, -0.1) is 0 Å². The van der Waals surface area contributed by atoms with Crippen LogP contribution in [0.25, 0.3) is 0 Å². The zero-order valence-electron chi connectivity index (χ0n) is 12.6. The lowest BCUT2D eigenvalue weighted by molar-refractivity contribution is -0.146. The van der Waals surface area contributed by atoms with Gasteiger partial charge in [0.15, 0.2) is 0 Å². The minimum absolute atomic E-state index is 0.351. The molecule has 0 aromatic heterocycles. The second kappa shape index (κ2) is 7.85. The van der Waals surface area contributed by atoms with Gasteiger partial charge in [-0.05, 0) is 38.5 Å². The molecular weight excluding hydrogens is 242 g/mol. The SMILES string of the molecule is CCC1CCCC(OCCCC(C)(N)C(=O)OC)C1. The fourth-order valence-electron chi connectivity index (χ4n) is 2.79. The normalized spacial score (nSPS) is 26.7. The van der Waals surface area contributed by atoms with Crippen LogP contribution in [0.1, 0.15) is 58.8 Å². The molecule has 2 N–H and O–H groups in total. The van der Waals surface area contributed by atoms with Crippen molar-refractivity contribution in [2.24, 2.45) is 11.7 Å². The van der Waals surface area contributed by atoms with Crippen molar-refractivity contribution in [3.8, 4) is 0 Å². The Morgan fingerprint density at radius 3 is 2.79 bits per heavy atom. The van der Waals surface area contributed by atoms with E-state index in [1.165, 1.54) is 39.2 Å². The Labute approximate surface area is 117 Å². The van der Waals surface area contributed by atoms with Crippen molar-refractivity contribution >= 4 is 5.97 Å². The molecule has 112 valence electrons. The Kier molecular flexibility index (Phi) is 6.80. The van der Waals surface area contributed by atoms with Crippen LogP contribution in [0.2, 0.25) is 0 Å². The van der Waals surface area contributed by atoms with Crippen molar-refractivity contribution in [2.45, 2.75) is 70.4 Å². The van der Waals surface area contributed by atoms with Crippen molar-refractivity contribution in [3.63, 3.8) is 0 Å². The molecule has 0 bridgehead atoms. The van der Waals surface area contributed by atoms with E-state index in [0.29, 0.717) is 19.1 Å². The molecule has 1 fully saturated rings. The molecule has 1 aliphatic rings. The molecule has 3 unspecified atom stereocenters. The van der Waals surface area contributed by atoms with E-state index in [-0.39, 0.29) is 5.97 Å². The predicted molar refractivity (Wildman–Crippen MR) is 75.8 cm³/mol. The molecular formula is C15H29NO3. The third kappa shape index (κ3) is 5.49. The van der Waals surface area contributed by atoms with E-state index in [9.17, 15) is 4.79 Å². The number of esters is 1. The van der Waals surface area contributed by atoms with E-state index in [0.717, 1.165) is 12.3 Å². The summed E-state index contributed by atoms with van der Waals surface area (Å²) >= 11 is 0. The Bertz CT molecular complexity index is 279. The van der Waals surface area contributed by atoms with Gasteiger partial charge < -0.3 is 15.2 Å². The minimum atomic E-state index is -0.892. The summed E-state index contributed by atoms with van der Waals surface area (Å²) in [6, 6.07) is 0. The van der Waals surface area contributed by atoms with E-state index < -0.39 is 5.54 Å². The lowest BCUT2D eigenvalue weighted by atomic mass is 9.85. The molecule has 0 aliphatic heterocycles. The van der Waals surface area contributed by atoms with Crippen LogP contribution >= 0.6 is 0 Å². The molecule has 1 rings (SSSR count). The fourth-order valence-corrected chi connectivity index (χ4v) is 2.79. The summed E-state index contributed by atoms with van der Waals surface area (Å²) in [5.74, 6) is 0.477. The van der Waals surface area contributed by atoms with Gasteiger partial charge in [-0.25, -0.2) is 0 Å². The Hall–Kier alpha value is -0.610. The largest absolute Gasteiger partial charge is 0.468 e. The first-order chi connectivity index (χ1) is 8.99. The van der Waals surface area contributed by atoms with E-state index in [1.54, 1.807) is 6.92 Å². The van der Waals surface area contributed by atoms with Gasteiger partial charge in [-0.2, -0.15) is 0 Å². The number of rotatable bonds is 7. The van der Waals surface area contributed by atoms with E-state index in [4.69, 9.17) is 10.5 Å². The summed E-state index contributed by atoms with van der Waals surface area (Å²) in [5.41, 5.74) is 5.01. The number of carbonyl (C=O) groups excluding carboxylic acids is 1. The van der Waals surface area contributed by atoms with Crippen LogP contribution in [-0.2, 0) is 14.3 Å². The number of carbonyl (C=O) groups is 1. The topological polar surface area (TPSA) is 61.5 Å². The third-order valence-corrected chi connectivity index (χ3v) is 4.16. The molecule has 0 aromatic carbocycles. The highest BCUT2D eigenvalue weighted by Gasteiger charge is 2.29. The molecule has 0 spiro atoms. The molecule has 4 heteroatoms. The highest BCUT2D eigenvalue weighted by Crippen LogP contribution is 2.28. The predicted octanol–water partition coefficient (Wildman–Crippen LogP) is 2.64. The van der Waals surface area contributed by atoms with Gasteiger partial charge in [0.1, 0.15) is 5.54 Å². The van der Waals surface area contributed by atoms with Crippen LogP contribution in [0.15, 0.2) is 0 Å². The molecule has 1 aliphatic carbocycles. The minimum Gasteiger partial charge on any atom is -0.468 e. The molecule has 3 atom stereocenters. The first-order valence-corrected chi connectivity index (χ1v) is 7.48. The smallest absolute Gasteiger partial charge is 0.325 e. The lowest BCUT2D eigenvalue weighted by Crippen LogP contribution is -2.45. The van der Waals surface area contributed by atoms with Crippen LogP contribution in [0.3, 0.4) is 0 Å². The van der Waals surface area contributed by atoms with E-state index in [2.05, 4.69) is 11.7 Å². The second-order valence-corrected chi connectivity index (χ2v) is 5.95. The summed E-state index contributed by atoms with van der Waals surface area (Å²) in [6.45, 7) is 4.65. The highest BCUT2D eigenvalue weighted by molar-refractivity contribution is 5.79. The van der Waals surface area contributed by atoms with Gasteiger partial charge in [0.2, 0.25) is 0 Å². The Balaban J connectivity index is 2.18. The molecule has 0 heterocycles. The van der Waals surface area contributed by atoms with E-state index >= 15 is 0 Å². The summed E-state index contributed by atoms with van der Waals surface area (Å²) in [7, 11) is 1.37. The Morgan fingerprint density at radius 2 is 2.16 bits per heavy atom. The number of hydrogen-bond donors (Lipinski definition) is 1. The average molecular weight is 271 g/mol. The maximum atomic E-state index is 11.4. The number of methoxy groups -OCH3 is 1. The first kappa shape index (κ1) is 16.4. The molecule has 19 heavy (non-hydrogen) atoms. The number of nitrogens with two attached hydrogens (primary N) is 1. The molecule has 0 aromatic rings. The first-order valence-electron chi connectivity index (χ1n) is 7.48. The lowest BCUT2D eigenvalue weighted by Gasteiger charge is -2.29. The average Bonchev–Trinajstić information content (AvgIpc) is 2.43. The quantitative estimate of drug-likeness (QED) is 0.571. The molecule has 0 radical (unpaired) electrons. The van der Waals surface area contributed by atoms with Gasteiger partial charge in [-0.1, -0.05) is 26.2 Å². The van der Waals surface area contributed by atoms with Gasteiger partial charge >= 0.3 is 5.97 Å². The maximum absolute atomic E-state index is 11.4. The van der Waals surface area contributed by atoms with Crippen LogP contribution in [0.4, 0.5) is 0 Å². The monoisotopic (exact) mass is 271 g/mol. The van der Waals surface area contributed by atoms with E-state index in [1.807, 2.05) is 0 Å². The van der Waals surface area contributed by atoms with Gasteiger partial charge in [0.05, 0.1) is 13.2 Å². The molecule has 4 nitrogen and oxygen atoms in total. The Morgan fingerprint density at radius 1 is 1.42 bits per heavy atom. The van der Waals surface area contributed by atoms with Gasteiger partial charge in [-0.3, -0.25) is 4.79 Å². The summed E-state index contributed by atoms with van der Waals surface area (Å²) < 4.78 is 10.6. The molecule has 0 amide bonds. The maximum Gasteiger partial charge on any atom is 0.325 e. The number of ether oxygens (including phenoxy) is 2. The third-order valence-electron chi connectivity index (χ3n) is 4.16. The van der Waals surface area contributed by atoms with Gasteiger partial charge in [0.25, 0.3) is 0 Å². The standard InChI is InChI=1S/C15H29NO3/c1-4-12-7-5-8-13(11-12)19-10-6-9-15(2,16)14(17)18-3/h12-13H,4-11,16H2,1-3H3. The highest BCUT2D eigenvalue weighted by atomic mass is 16.5. The summed E-state index contributed by atoms with van der Waals surface area (Å²) in [6.07, 6.45) is 8.04. The van der Waals surface area contributed by atoms with Crippen molar-refractivity contribution in [1.29, 1.82) is 0 Å². The van der Waals surface area contributed by atoms with Crippen LogP contribution in [0.5, 0.6) is 0 Å². The fraction of sp³-hybridized carbons (Fsp3) is 0.933. The zero-order chi connectivity index (χ0) is 14.3. The second-order valence-electron chi connectivity index (χ2n) is 5.95. The van der Waals surface area contributed by atoms with Crippen molar-refractivity contribution in [2.75, 3.05) is 13.7 Å². The summed E-state index contributed by atoms with van der Waals surface area (Å²) in [5, 5.41) is 0. The molecule has 0 saturated heterocycles.